The van der Waals surface area contributed by atoms with Gasteiger partial charge in [0.1, 0.15) is 0 Å². The number of hydrogen-bond acceptors (Lipinski definition) is 4. The summed E-state index contributed by atoms with van der Waals surface area (Å²) in [5.74, 6) is 0. The second-order valence-electron chi connectivity index (χ2n) is 4.13. The maximum atomic E-state index is 4.43. The van der Waals surface area contributed by atoms with Crippen molar-refractivity contribution in [1.82, 2.24) is 20.1 Å². The van der Waals surface area contributed by atoms with Crippen molar-refractivity contribution >= 4 is 11.3 Å². The third-order valence-corrected chi connectivity index (χ3v) is 3.83. The first kappa shape index (κ1) is 12.1. The van der Waals surface area contributed by atoms with Gasteiger partial charge in [-0.2, -0.15) is 5.10 Å². The average molecular weight is 270 g/mol. The molecule has 3 rings (SSSR count). The molecule has 5 heteroatoms. The number of thiazole rings is 1. The molecular weight excluding hydrogens is 256 g/mol. The Morgan fingerprint density at radius 1 is 1.21 bits per heavy atom. The van der Waals surface area contributed by atoms with Crippen molar-refractivity contribution in [2.45, 2.75) is 6.04 Å². The molecule has 0 saturated heterocycles. The van der Waals surface area contributed by atoms with Crippen molar-refractivity contribution < 1.29 is 0 Å². The van der Waals surface area contributed by atoms with Gasteiger partial charge < -0.3 is 5.32 Å². The molecule has 0 spiro atoms. The summed E-state index contributed by atoms with van der Waals surface area (Å²) in [4.78, 5) is 5.33. The summed E-state index contributed by atoms with van der Waals surface area (Å²) in [6, 6.07) is 12.3. The lowest BCUT2D eigenvalue weighted by molar-refractivity contribution is 0.645. The van der Waals surface area contributed by atoms with Crippen LogP contribution < -0.4 is 5.32 Å². The summed E-state index contributed by atoms with van der Waals surface area (Å²) in [5, 5.41) is 7.75. The fourth-order valence-electron chi connectivity index (χ4n) is 2.12. The number of rotatable bonds is 4. The van der Waals surface area contributed by atoms with Gasteiger partial charge in [-0.1, -0.05) is 18.2 Å². The molecule has 2 aromatic heterocycles. The summed E-state index contributed by atoms with van der Waals surface area (Å²) in [6.07, 6.45) is 3.72. The number of hydrogen-bond donors (Lipinski definition) is 1. The molecule has 0 fully saturated rings. The van der Waals surface area contributed by atoms with Crippen LogP contribution in [0.15, 0.2) is 54.3 Å². The van der Waals surface area contributed by atoms with Gasteiger partial charge in [0.15, 0.2) is 0 Å². The van der Waals surface area contributed by atoms with Crippen molar-refractivity contribution in [1.29, 1.82) is 0 Å². The van der Waals surface area contributed by atoms with Crippen LogP contribution in [0.3, 0.4) is 0 Å². The van der Waals surface area contributed by atoms with Gasteiger partial charge in [0, 0.05) is 17.3 Å². The van der Waals surface area contributed by atoms with E-state index in [4.69, 9.17) is 0 Å². The Bertz CT molecular complexity index is 631. The van der Waals surface area contributed by atoms with Crippen molar-refractivity contribution in [3.8, 4) is 5.69 Å². The minimum atomic E-state index is 0.107. The molecule has 1 unspecified atom stereocenters. The van der Waals surface area contributed by atoms with E-state index in [1.165, 1.54) is 4.88 Å². The SMILES string of the molecule is CNC(c1cncs1)c1ccnn1-c1ccccc1. The highest BCUT2D eigenvalue weighted by molar-refractivity contribution is 7.09. The predicted octanol–water partition coefficient (Wildman–Crippen LogP) is 2.64. The summed E-state index contributed by atoms with van der Waals surface area (Å²) in [5.41, 5.74) is 4.02. The summed E-state index contributed by atoms with van der Waals surface area (Å²) in [6.45, 7) is 0. The molecule has 0 aliphatic heterocycles. The van der Waals surface area contributed by atoms with Crippen molar-refractivity contribution in [2.24, 2.45) is 0 Å². The summed E-state index contributed by atoms with van der Waals surface area (Å²) in [7, 11) is 1.95. The quantitative estimate of drug-likeness (QED) is 0.792. The van der Waals surface area contributed by atoms with E-state index in [-0.39, 0.29) is 6.04 Å². The van der Waals surface area contributed by atoms with Crippen LogP contribution in [0.5, 0.6) is 0 Å². The zero-order chi connectivity index (χ0) is 13.1. The molecule has 19 heavy (non-hydrogen) atoms. The third-order valence-electron chi connectivity index (χ3n) is 2.99. The highest BCUT2D eigenvalue weighted by Gasteiger charge is 2.18. The second kappa shape index (κ2) is 5.34. The molecule has 1 aromatic carbocycles. The van der Waals surface area contributed by atoms with Crippen LogP contribution in [0.1, 0.15) is 16.6 Å². The van der Waals surface area contributed by atoms with Crippen molar-refractivity contribution in [2.75, 3.05) is 7.05 Å². The minimum Gasteiger partial charge on any atom is -0.307 e. The van der Waals surface area contributed by atoms with Gasteiger partial charge in [0.2, 0.25) is 0 Å². The Labute approximate surface area is 115 Å². The van der Waals surface area contributed by atoms with E-state index >= 15 is 0 Å². The molecule has 96 valence electrons. The van der Waals surface area contributed by atoms with E-state index < -0.39 is 0 Å². The van der Waals surface area contributed by atoms with Crippen LogP contribution >= 0.6 is 11.3 Å². The normalized spacial score (nSPS) is 12.5. The van der Waals surface area contributed by atoms with E-state index in [1.807, 2.05) is 53.9 Å². The maximum Gasteiger partial charge on any atom is 0.0860 e. The zero-order valence-electron chi connectivity index (χ0n) is 10.5. The van der Waals surface area contributed by atoms with Crippen molar-refractivity contribution in [3.63, 3.8) is 0 Å². The van der Waals surface area contributed by atoms with Gasteiger partial charge in [-0.3, -0.25) is 4.98 Å². The number of para-hydroxylation sites is 1. The van der Waals surface area contributed by atoms with Gasteiger partial charge in [0.25, 0.3) is 0 Å². The van der Waals surface area contributed by atoms with Gasteiger partial charge >= 0.3 is 0 Å². The van der Waals surface area contributed by atoms with E-state index in [9.17, 15) is 0 Å². The first-order valence-electron chi connectivity index (χ1n) is 6.05. The summed E-state index contributed by atoms with van der Waals surface area (Å²) < 4.78 is 1.96. The zero-order valence-corrected chi connectivity index (χ0v) is 11.3. The molecule has 0 bridgehead atoms. The molecular formula is C14H14N4S. The summed E-state index contributed by atoms with van der Waals surface area (Å²) >= 11 is 1.64. The molecule has 1 N–H and O–H groups in total. The van der Waals surface area contributed by atoms with Gasteiger partial charge in [-0.05, 0) is 25.2 Å². The molecule has 0 radical (unpaired) electrons. The van der Waals surface area contributed by atoms with E-state index in [0.717, 1.165) is 11.4 Å². The van der Waals surface area contributed by atoms with Crippen LogP contribution in [0.2, 0.25) is 0 Å². The Balaban J connectivity index is 2.04. The highest BCUT2D eigenvalue weighted by Crippen LogP contribution is 2.26. The molecule has 0 aliphatic rings. The molecule has 4 nitrogen and oxygen atoms in total. The Hall–Kier alpha value is -1.98. The average Bonchev–Trinajstić information content (AvgIpc) is 3.12. The van der Waals surface area contributed by atoms with E-state index in [0.29, 0.717) is 0 Å². The largest absolute Gasteiger partial charge is 0.307 e. The first-order valence-corrected chi connectivity index (χ1v) is 6.93. The second-order valence-corrected chi connectivity index (χ2v) is 5.05. The lowest BCUT2D eigenvalue weighted by atomic mass is 10.2. The van der Waals surface area contributed by atoms with Crippen LogP contribution in [0.25, 0.3) is 5.69 Å². The monoisotopic (exact) mass is 270 g/mol. The standard InChI is InChI=1S/C14H14N4S/c1-15-14(13-9-16-10-19-13)12-7-8-17-18(12)11-5-3-2-4-6-11/h2-10,14-15H,1H3. The fraction of sp³-hybridized carbons (Fsp3) is 0.143. The predicted molar refractivity (Wildman–Crippen MR) is 76.6 cm³/mol. The minimum absolute atomic E-state index is 0.107. The maximum absolute atomic E-state index is 4.43. The smallest absolute Gasteiger partial charge is 0.0860 e. The topological polar surface area (TPSA) is 42.7 Å². The lowest BCUT2D eigenvalue weighted by Gasteiger charge is -2.16. The molecule has 1 atom stereocenters. The Morgan fingerprint density at radius 2 is 2.05 bits per heavy atom. The van der Waals surface area contributed by atoms with Crippen LogP contribution in [0.4, 0.5) is 0 Å². The highest BCUT2D eigenvalue weighted by atomic mass is 32.1. The number of aromatic nitrogens is 3. The van der Waals surface area contributed by atoms with Crippen molar-refractivity contribution in [3.05, 3.63) is 64.9 Å². The van der Waals surface area contributed by atoms with E-state index in [2.05, 4.69) is 27.5 Å². The molecule has 3 aromatic rings. The van der Waals surface area contributed by atoms with Crippen LogP contribution in [-0.2, 0) is 0 Å². The molecule has 0 amide bonds. The Kier molecular flexibility index (Phi) is 3.39. The van der Waals surface area contributed by atoms with Gasteiger partial charge in [0.05, 0.1) is 22.9 Å². The fourth-order valence-corrected chi connectivity index (χ4v) is 2.86. The molecule has 2 heterocycles. The van der Waals surface area contributed by atoms with Gasteiger partial charge in [-0.15, -0.1) is 11.3 Å². The molecule has 0 aliphatic carbocycles. The molecule has 0 saturated carbocycles. The first-order chi connectivity index (χ1) is 9.40. The number of benzene rings is 1. The Morgan fingerprint density at radius 3 is 2.74 bits per heavy atom. The number of nitrogens with zero attached hydrogens (tertiary/aromatic N) is 3. The van der Waals surface area contributed by atoms with E-state index in [1.54, 1.807) is 11.3 Å². The third kappa shape index (κ3) is 2.30. The number of nitrogens with one attached hydrogen (secondary N) is 1. The van der Waals surface area contributed by atoms with Crippen LogP contribution in [-0.4, -0.2) is 21.8 Å². The van der Waals surface area contributed by atoms with Gasteiger partial charge in [-0.25, -0.2) is 4.68 Å². The van der Waals surface area contributed by atoms with Crippen LogP contribution in [0, 0.1) is 0 Å². The lowest BCUT2D eigenvalue weighted by Crippen LogP contribution is -2.20.